The number of aliphatic hydroxyl groups is 1. The van der Waals surface area contributed by atoms with Gasteiger partial charge < -0.3 is 16.2 Å². The predicted molar refractivity (Wildman–Crippen MR) is 82.5 cm³/mol. The topological polar surface area (TPSA) is 84.1 Å². The van der Waals surface area contributed by atoms with Crippen LogP contribution in [-0.2, 0) is 0 Å². The Labute approximate surface area is 119 Å². The van der Waals surface area contributed by atoms with E-state index in [-0.39, 0.29) is 12.0 Å². The zero-order valence-electron chi connectivity index (χ0n) is 12.1. The van der Waals surface area contributed by atoms with Gasteiger partial charge in [-0.3, -0.25) is 0 Å². The molecule has 2 rings (SSSR count). The summed E-state index contributed by atoms with van der Waals surface area (Å²) in [5, 5.41) is 13.3. The van der Waals surface area contributed by atoms with E-state index in [1.54, 1.807) is 6.33 Å². The molecule has 1 heterocycles. The van der Waals surface area contributed by atoms with E-state index < -0.39 is 0 Å². The zero-order valence-corrected chi connectivity index (χ0v) is 12.1. The number of rotatable bonds is 6. The lowest BCUT2D eigenvalue weighted by Gasteiger charge is -2.25. The van der Waals surface area contributed by atoms with Gasteiger partial charge in [-0.05, 0) is 36.5 Å². The number of aromatic nitrogens is 2. The Bertz CT molecular complexity index is 583. The van der Waals surface area contributed by atoms with Crippen LogP contribution in [0.4, 0.5) is 11.5 Å². The molecule has 5 nitrogen and oxygen atoms in total. The number of nitrogens with one attached hydrogen (secondary N) is 1. The molecule has 0 unspecified atom stereocenters. The number of nitrogens with zero attached hydrogens (tertiary/aromatic N) is 2. The summed E-state index contributed by atoms with van der Waals surface area (Å²) in [6.07, 6.45) is 3.33. The highest BCUT2D eigenvalue weighted by Crippen LogP contribution is 2.25. The highest BCUT2D eigenvalue weighted by Gasteiger charge is 2.17. The highest BCUT2D eigenvalue weighted by atomic mass is 16.2. The molecule has 0 amide bonds. The van der Waals surface area contributed by atoms with Gasteiger partial charge in [0.2, 0.25) is 0 Å². The molecular weight excluding hydrogens is 252 g/mol. The Morgan fingerprint density at radius 2 is 2.10 bits per heavy atom. The Kier molecular flexibility index (Phi) is 4.39. The van der Waals surface area contributed by atoms with Gasteiger partial charge in [-0.1, -0.05) is 13.8 Å². The zero-order chi connectivity index (χ0) is 14.6. The van der Waals surface area contributed by atoms with Gasteiger partial charge in [-0.25, -0.2) is 9.97 Å². The maximum Gasteiger partial charge on any atom is 0.137 e. The Balaban J connectivity index is 2.14. The lowest BCUT2D eigenvalue weighted by Crippen LogP contribution is -2.24. The average Bonchev–Trinajstić information content (AvgIpc) is 2.42. The number of fused-ring (bicyclic) bond motifs is 1. The van der Waals surface area contributed by atoms with Crippen molar-refractivity contribution < 1.29 is 5.11 Å². The molecule has 4 N–H and O–H groups in total. The summed E-state index contributed by atoms with van der Waals surface area (Å²) in [5.74, 6) is 0.826. The first kappa shape index (κ1) is 14.5. The molecular formula is C15H22N4O. The average molecular weight is 274 g/mol. The minimum atomic E-state index is 0.105. The molecule has 0 aliphatic carbocycles. The van der Waals surface area contributed by atoms with Crippen molar-refractivity contribution in [2.45, 2.75) is 26.7 Å². The molecule has 0 spiro atoms. The monoisotopic (exact) mass is 274 g/mol. The quantitative estimate of drug-likeness (QED) is 0.704. The number of hydrogen-bond donors (Lipinski definition) is 3. The van der Waals surface area contributed by atoms with Gasteiger partial charge in [-0.2, -0.15) is 0 Å². The number of aliphatic hydroxyl groups excluding tert-OH is 1. The molecule has 0 bridgehead atoms. The van der Waals surface area contributed by atoms with Crippen LogP contribution in [-0.4, -0.2) is 28.2 Å². The molecule has 0 fully saturated rings. The van der Waals surface area contributed by atoms with Gasteiger partial charge in [0.05, 0.1) is 5.52 Å². The molecule has 5 heteroatoms. The van der Waals surface area contributed by atoms with Crippen molar-refractivity contribution in [2.75, 3.05) is 24.2 Å². The van der Waals surface area contributed by atoms with Gasteiger partial charge in [-0.15, -0.1) is 0 Å². The van der Waals surface area contributed by atoms with Crippen LogP contribution in [0.2, 0.25) is 0 Å². The first-order valence-corrected chi connectivity index (χ1v) is 6.87. The summed E-state index contributed by atoms with van der Waals surface area (Å²) in [7, 11) is 0. The number of benzene rings is 1. The van der Waals surface area contributed by atoms with Crippen LogP contribution in [0, 0.1) is 5.41 Å². The molecule has 0 saturated carbocycles. The van der Waals surface area contributed by atoms with Crippen molar-refractivity contribution in [1.29, 1.82) is 0 Å². The minimum absolute atomic E-state index is 0.105. The van der Waals surface area contributed by atoms with E-state index in [2.05, 4.69) is 29.1 Å². The molecule has 108 valence electrons. The minimum Gasteiger partial charge on any atom is -0.399 e. The molecule has 2 aromatic rings. The fourth-order valence-corrected chi connectivity index (χ4v) is 2.18. The number of nitrogen functional groups attached to an aromatic ring is 1. The second-order valence-corrected chi connectivity index (χ2v) is 5.84. The Morgan fingerprint density at radius 1 is 1.30 bits per heavy atom. The highest BCUT2D eigenvalue weighted by molar-refractivity contribution is 5.90. The van der Waals surface area contributed by atoms with E-state index in [4.69, 9.17) is 10.8 Å². The van der Waals surface area contributed by atoms with Crippen LogP contribution in [0.5, 0.6) is 0 Å². The summed E-state index contributed by atoms with van der Waals surface area (Å²) in [6.45, 7) is 5.39. The SMILES string of the molecule is CC(C)(CCCO)CNc1ncnc2cc(N)ccc12. The van der Waals surface area contributed by atoms with Gasteiger partial charge in [0.1, 0.15) is 12.1 Å². The van der Waals surface area contributed by atoms with E-state index in [0.717, 1.165) is 36.1 Å². The van der Waals surface area contributed by atoms with E-state index in [0.29, 0.717) is 5.69 Å². The van der Waals surface area contributed by atoms with Crippen molar-refractivity contribution in [2.24, 2.45) is 5.41 Å². The summed E-state index contributed by atoms with van der Waals surface area (Å²) in [6, 6.07) is 5.64. The van der Waals surface area contributed by atoms with E-state index in [9.17, 15) is 0 Å². The van der Waals surface area contributed by atoms with Crippen LogP contribution >= 0.6 is 0 Å². The largest absolute Gasteiger partial charge is 0.399 e. The van der Waals surface area contributed by atoms with Crippen LogP contribution in [0.3, 0.4) is 0 Å². The number of hydrogen-bond acceptors (Lipinski definition) is 5. The number of anilines is 2. The third-order valence-corrected chi connectivity index (χ3v) is 3.41. The van der Waals surface area contributed by atoms with Gasteiger partial charge >= 0.3 is 0 Å². The molecule has 0 saturated heterocycles. The summed E-state index contributed by atoms with van der Waals surface area (Å²) >= 11 is 0. The standard InChI is InChI=1S/C15H22N4O/c1-15(2,6-3-7-20)9-17-14-12-5-4-11(16)8-13(12)18-10-19-14/h4-5,8,10,20H,3,6-7,9,16H2,1-2H3,(H,17,18,19). The fourth-order valence-electron chi connectivity index (χ4n) is 2.18. The molecule has 0 aliphatic heterocycles. The summed E-state index contributed by atoms with van der Waals surface area (Å²) < 4.78 is 0. The first-order chi connectivity index (χ1) is 9.52. The fraction of sp³-hybridized carbons (Fsp3) is 0.467. The molecule has 1 aromatic carbocycles. The predicted octanol–water partition coefficient (Wildman–Crippen LogP) is 2.42. The van der Waals surface area contributed by atoms with E-state index in [1.807, 2.05) is 18.2 Å². The van der Waals surface area contributed by atoms with Crippen LogP contribution in [0.1, 0.15) is 26.7 Å². The molecule has 0 radical (unpaired) electrons. The second kappa shape index (κ2) is 6.05. The van der Waals surface area contributed by atoms with Crippen molar-refractivity contribution in [1.82, 2.24) is 9.97 Å². The first-order valence-electron chi connectivity index (χ1n) is 6.87. The van der Waals surface area contributed by atoms with Crippen molar-refractivity contribution >= 4 is 22.4 Å². The third kappa shape index (κ3) is 3.57. The Morgan fingerprint density at radius 3 is 2.85 bits per heavy atom. The van der Waals surface area contributed by atoms with Gasteiger partial charge in [0.25, 0.3) is 0 Å². The molecule has 1 aromatic heterocycles. The Hall–Kier alpha value is -1.88. The van der Waals surface area contributed by atoms with Crippen molar-refractivity contribution in [3.8, 4) is 0 Å². The van der Waals surface area contributed by atoms with Gasteiger partial charge in [0.15, 0.2) is 0 Å². The van der Waals surface area contributed by atoms with Crippen LogP contribution in [0.25, 0.3) is 10.9 Å². The summed E-state index contributed by atoms with van der Waals surface area (Å²) in [5.41, 5.74) is 7.42. The summed E-state index contributed by atoms with van der Waals surface area (Å²) in [4.78, 5) is 8.54. The molecule has 20 heavy (non-hydrogen) atoms. The van der Waals surface area contributed by atoms with Gasteiger partial charge in [0, 0.05) is 24.2 Å². The smallest absolute Gasteiger partial charge is 0.137 e. The lowest BCUT2D eigenvalue weighted by molar-refractivity contribution is 0.248. The van der Waals surface area contributed by atoms with E-state index >= 15 is 0 Å². The number of nitrogens with two attached hydrogens (primary N) is 1. The lowest BCUT2D eigenvalue weighted by atomic mass is 9.88. The maximum absolute atomic E-state index is 8.93. The van der Waals surface area contributed by atoms with Crippen molar-refractivity contribution in [3.05, 3.63) is 24.5 Å². The molecule has 0 aliphatic rings. The van der Waals surface area contributed by atoms with E-state index in [1.165, 1.54) is 0 Å². The third-order valence-electron chi connectivity index (χ3n) is 3.41. The molecule has 0 atom stereocenters. The van der Waals surface area contributed by atoms with Crippen LogP contribution in [0.15, 0.2) is 24.5 Å². The van der Waals surface area contributed by atoms with Crippen molar-refractivity contribution in [3.63, 3.8) is 0 Å². The second-order valence-electron chi connectivity index (χ2n) is 5.84. The normalized spacial score (nSPS) is 11.8. The maximum atomic E-state index is 8.93. The van der Waals surface area contributed by atoms with Crippen LogP contribution < -0.4 is 11.1 Å².